The Morgan fingerprint density at radius 3 is 2.78 bits per heavy atom. The summed E-state index contributed by atoms with van der Waals surface area (Å²) in [4.78, 5) is 24.0. The van der Waals surface area contributed by atoms with Crippen LogP contribution < -0.4 is 0 Å². The molecule has 2 unspecified atom stereocenters. The van der Waals surface area contributed by atoms with E-state index in [0.29, 0.717) is 0 Å². The Bertz CT molecular complexity index is 500. The molecular formula is C12H11ClFNO3. The van der Waals surface area contributed by atoms with Gasteiger partial charge in [0.25, 0.3) is 0 Å². The fraction of sp³-hybridized carbons (Fsp3) is 0.333. The summed E-state index contributed by atoms with van der Waals surface area (Å²) < 4.78 is 13.8. The molecule has 0 spiro atoms. The summed E-state index contributed by atoms with van der Waals surface area (Å²) >= 11 is 5.92. The molecule has 18 heavy (non-hydrogen) atoms. The summed E-state index contributed by atoms with van der Waals surface area (Å²) in [7, 11) is 1.46. The number of carbonyl (C=O) groups is 2. The predicted molar refractivity (Wildman–Crippen MR) is 62.7 cm³/mol. The summed E-state index contributed by atoms with van der Waals surface area (Å²) in [6, 6.07) is 3.27. The lowest BCUT2D eigenvalue weighted by atomic mass is 9.93. The predicted octanol–water partition coefficient (Wildman–Crippen LogP) is 2.08. The number of carboxylic acids is 1. The van der Waals surface area contributed by atoms with Gasteiger partial charge in [0.05, 0.1) is 12.0 Å². The maximum atomic E-state index is 13.8. The zero-order valence-electron chi connectivity index (χ0n) is 9.56. The van der Waals surface area contributed by atoms with Gasteiger partial charge in [0.15, 0.2) is 0 Å². The van der Waals surface area contributed by atoms with Crippen molar-refractivity contribution in [2.75, 3.05) is 7.05 Å². The molecule has 2 rings (SSSR count). The number of likely N-dealkylation sites (tertiary alicyclic amines) is 1. The van der Waals surface area contributed by atoms with Crippen molar-refractivity contribution < 1.29 is 19.1 Å². The first kappa shape index (κ1) is 12.8. The van der Waals surface area contributed by atoms with Crippen molar-refractivity contribution in [2.45, 2.75) is 12.5 Å². The highest BCUT2D eigenvalue weighted by Gasteiger charge is 2.44. The van der Waals surface area contributed by atoms with E-state index in [4.69, 9.17) is 16.7 Å². The summed E-state index contributed by atoms with van der Waals surface area (Å²) in [5, 5.41) is 9.25. The Morgan fingerprint density at radius 1 is 1.56 bits per heavy atom. The Hall–Kier alpha value is -1.62. The van der Waals surface area contributed by atoms with Gasteiger partial charge in [0, 0.05) is 24.1 Å². The van der Waals surface area contributed by atoms with E-state index in [9.17, 15) is 14.0 Å². The minimum Gasteiger partial charge on any atom is -0.481 e. The van der Waals surface area contributed by atoms with Crippen molar-refractivity contribution in [1.82, 2.24) is 4.90 Å². The molecule has 1 aliphatic rings. The van der Waals surface area contributed by atoms with Crippen LogP contribution in [-0.2, 0) is 9.59 Å². The minimum atomic E-state index is -1.13. The van der Waals surface area contributed by atoms with Gasteiger partial charge >= 0.3 is 5.97 Å². The molecule has 1 aromatic carbocycles. The van der Waals surface area contributed by atoms with Gasteiger partial charge in [-0.15, -0.1) is 0 Å². The van der Waals surface area contributed by atoms with Crippen LogP contribution in [-0.4, -0.2) is 28.9 Å². The van der Waals surface area contributed by atoms with Crippen LogP contribution in [0.3, 0.4) is 0 Å². The first-order valence-corrected chi connectivity index (χ1v) is 5.73. The van der Waals surface area contributed by atoms with Gasteiger partial charge in [-0.05, 0) is 12.1 Å². The fourth-order valence-corrected chi connectivity index (χ4v) is 2.55. The summed E-state index contributed by atoms with van der Waals surface area (Å²) in [6.07, 6.45) is -0.138. The molecule has 0 aliphatic carbocycles. The van der Waals surface area contributed by atoms with Crippen molar-refractivity contribution in [3.63, 3.8) is 0 Å². The van der Waals surface area contributed by atoms with Gasteiger partial charge in [-0.25, -0.2) is 4.39 Å². The second-order valence-corrected chi connectivity index (χ2v) is 4.64. The third-order valence-corrected chi connectivity index (χ3v) is 3.53. The van der Waals surface area contributed by atoms with Gasteiger partial charge in [0.2, 0.25) is 5.91 Å². The first-order chi connectivity index (χ1) is 8.43. The van der Waals surface area contributed by atoms with E-state index in [0.717, 1.165) is 0 Å². The number of halogens is 2. The number of carboxylic acid groups (broad SMARTS) is 1. The molecule has 2 atom stereocenters. The largest absolute Gasteiger partial charge is 0.481 e. The lowest BCUT2D eigenvalue weighted by Gasteiger charge is -2.24. The SMILES string of the molecule is CN1C(=O)CC(C(=O)O)C1c1c(F)cccc1Cl. The smallest absolute Gasteiger partial charge is 0.309 e. The fourth-order valence-electron chi connectivity index (χ4n) is 2.28. The molecule has 6 heteroatoms. The van der Waals surface area contributed by atoms with Gasteiger partial charge < -0.3 is 10.0 Å². The van der Waals surface area contributed by atoms with Crippen molar-refractivity contribution in [3.05, 3.63) is 34.6 Å². The van der Waals surface area contributed by atoms with Crippen LogP contribution in [0, 0.1) is 11.7 Å². The maximum Gasteiger partial charge on any atom is 0.309 e. The highest BCUT2D eigenvalue weighted by molar-refractivity contribution is 6.31. The molecule has 1 heterocycles. The molecule has 1 saturated heterocycles. The number of hydrogen-bond donors (Lipinski definition) is 1. The highest BCUT2D eigenvalue weighted by Crippen LogP contribution is 2.41. The second-order valence-electron chi connectivity index (χ2n) is 4.23. The standard InChI is InChI=1S/C12H11ClFNO3/c1-15-9(16)5-6(12(17)18)11(15)10-7(13)3-2-4-8(10)14/h2-4,6,11H,5H2,1H3,(H,17,18). The van der Waals surface area contributed by atoms with Crippen LogP contribution in [0.4, 0.5) is 4.39 Å². The Balaban J connectivity index is 2.53. The van der Waals surface area contributed by atoms with E-state index in [2.05, 4.69) is 0 Å². The Kier molecular flexibility index (Phi) is 3.26. The third kappa shape index (κ3) is 1.95. The topological polar surface area (TPSA) is 57.6 Å². The van der Waals surface area contributed by atoms with Gasteiger partial charge in [-0.1, -0.05) is 17.7 Å². The van der Waals surface area contributed by atoms with Crippen LogP contribution in [0.15, 0.2) is 18.2 Å². The first-order valence-electron chi connectivity index (χ1n) is 5.36. The van der Waals surface area contributed by atoms with E-state index in [1.165, 1.54) is 30.1 Å². The summed E-state index contributed by atoms with van der Waals surface area (Å²) in [6.45, 7) is 0. The molecule has 96 valence electrons. The number of carbonyl (C=O) groups excluding carboxylic acids is 1. The molecule has 1 aromatic rings. The summed E-state index contributed by atoms with van der Waals surface area (Å²) in [5.74, 6) is -3.03. The van der Waals surface area contributed by atoms with E-state index >= 15 is 0 Å². The molecule has 0 aromatic heterocycles. The maximum absolute atomic E-state index is 13.8. The molecule has 4 nitrogen and oxygen atoms in total. The van der Waals surface area contributed by atoms with Crippen LogP contribution in [0.1, 0.15) is 18.0 Å². The molecule has 1 aliphatic heterocycles. The van der Waals surface area contributed by atoms with Crippen LogP contribution in [0.2, 0.25) is 5.02 Å². The second kappa shape index (κ2) is 4.57. The normalized spacial score (nSPS) is 23.5. The third-order valence-electron chi connectivity index (χ3n) is 3.20. The van der Waals surface area contributed by atoms with Crippen molar-refractivity contribution >= 4 is 23.5 Å². The number of aliphatic carboxylic acids is 1. The molecule has 1 fully saturated rings. The van der Waals surface area contributed by atoms with Crippen LogP contribution >= 0.6 is 11.6 Å². The molecular weight excluding hydrogens is 261 g/mol. The van der Waals surface area contributed by atoms with Crippen LogP contribution in [0.5, 0.6) is 0 Å². The van der Waals surface area contributed by atoms with E-state index < -0.39 is 23.7 Å². The minimum absolute atomic E-state index is 0.0694. The molecule has 0 bridgehead atoms. The number of hydrogen-bond acceptors (Lipinski definition) is 2. The molecule has 0 radical (unpaired) electrons. The van der Waals surface area contributed by atoms with Gasteiger partial charge in [-0.3, -0.25) is 9.59 Å². The molecule has 1 N–H and O–H groups in total. The monoisotopic (exact) mass is 271 g/mol. The highest BCUT2D eigenvalue weighted by atomic mass is 35.5. The quantitative estimate of drug-likeness (QED) is 0.896. The molecule has 0 saturated carbocycles. The Morgan fingerprint density at radius 2 is 2.22 bits per heavy atom. The zero-order valence-corrected chi connectivity index (χ0v) is 10.3. The van der Waals surface area contributed by atoms with E-state index in [1.54, 1.807) is 0 Å². The van der Waals surface area contributed by atoms with Crippen molar-refractivity contribution in [1.29, 1.82) is 0 Å². The van der Waals surface area contributed by atoms with E-state index in [-0.39, 0.29) is 22.9 Å². The Labute approximate surface area is 108 Å². The number of rotatable bonds is 2. The lowest BCUT2D eigenvalue weighted by molar-refractivity contribution is -0.142. The number of amides is 1. The average Bonchev–Trinajstić information content (AvgIpc) is 2.57. The van der Waals surface area contributed by atoms with Crippen LogP contribution in [0.25, 0.3) is 0 Å². The molecule has 1 amide bonds. The number of nitrogens with zero attached hydrogens (tertiary/aromatic N) is 1. The van der Waals surface area contributed by atoms with Crippen molar-refractivity contribution in [2.24, 2.45) is 5.92 Å². The zero-order chi connectivity index (χ0) is 13.4. The van der Waals surface area contributed by atoms with E-state index in [1.807, 2.05) is 0 Å². The summed E-state index contributed by atoms with van der Waals surface area (Å²) in [5.41, 5.74) is 0.0694. The van der Waals surface area contributed by atoms with Crippen molar-refractivity contribution in [3.8, 4) is 0 Å². The van der Waals surface area contributed by atoms with Gasteiger partial charge in [-0.2, -0.15) is 0 Å². The lowest BCUT2D eigenvalue weighted by Crippen LogP contribution is -2.28. The average molecular weight is 272 g/mol. The number of benzene rings is 1. The van der Waals surface area contributed by atoms with Gasteiger partial charge in [0.1, 0.15) is 5.82 Å².